The van der Waals surface area contributed by atoms with Crippen molar-refractivity contribution in [2.45, 2.75) is 52.9 Å². The second kappa shape index (κ2) is 7.10. The van der Waals surface area contributed by atoms with Gasteiger partial charge in [-0.25, -0.2) is 4.79 Å². The Labute approximate surface area is 111 Å². The van der Waals surface area contributed by atoms with E-state index in [0.29, 0.717) is 0 Å². The molecule has 0 aromatic carbocycles. The van der Waals surface area contributed by atoms with Gasteiger partial charge in [0.1, 0.15) is 0 Å². The molecule has 1 fully saturated rings. The van der Waals surface area contributed by atoms with Crippen molar-refractivity contribution in [3.8, 4) is 0 Å². The lowest BCUT2D eigenvalue weighted by Crippen LogP contribution is -2.38. The second-order valence-electron chi connectivity index (χ2n) is 6.29. The van der Waals surface area contributed by atoms with E-state index in [1.807, 2.05) is 25.8 Å². The van der Waals surface area contributed by atoms with Crippen LogP contribution < -0.4 is 5.73 Å². The molecule has 0 bridgehead atoms. The molecule has 2 N–H and O–H groups in total. The van der Waals surface area contributed by atoms with Gasteiger partial charge in [-0.15, -0.1) is 5.06 Å². The molecule has 1 heterocycles. The van der Waals surface area contributed by atoms with Crippen molar-refractivity contribution in [3.63, 3.8) is 0 Å². The van der Waals surface area contributed by atoms with Crippen LogP contribution in [-0.2, 0) is 9.63 Å². The predicted molar refractivity (Wildman–Crippen MR) is 72.7 cm³/mol. The van der Waals surface area contributed by atoms with Crippen molar-refractivity contribution in [2.75, 3.05) is 19.6 Å². The molecule has 1 saturated heterocycles. The predicted octanol–water partition coefficient (Wildman–Crippen LogP) is 2.33. The Bertz CT molecular complexity index is 253. The normalized spacial score (nSPS) is 18.9. The minimum Gasteiger partial charge on any atom is -0.367 e. The molecular formula is C14H28N2O2. The van der Waals surface area contributed by atoms with E-state index in [1.54, 1.807) is 0 Å². The highest BCUT2D eigenvalue weighted by Gasteiger charge is 2.28. The summed E-state index contributed by atoms with van der Waals surface area (Å²) in [5.74, 6) is 0.644. The first-order chi connectivity index (χ1) is 8.43. The third kappa shape index (κ3) is 5.36. The molecule has 106 valence electrons. The number of hydrogen-bond donors (Lipinski definition) is 1. The van der Waals surface area contributed by atoms with E-state index >= 15 is 0 Å². The molecule has 0 unspecified atom stereocenters. The molecular weight excluding hydrogens is 228 g/mol. The first-order valence-electron chi connectivity index (χ1n) is 7.11. The summed E-state index contributed by atoms with van der Waals surface area (Å²) in [5.41, 5.74) is 5.08. The lowest BCUT2D eigenvalue weighted by molar-refractivity contribution is -0.206. The van der Waals surface area contributed by atoms with E-state index in [9.17, 15) is 4.79 Å². The first-order valence-corrected chi connectivity index (χ1v) is 7.11. The van der Waals surface area contributed by atoms with Crippen molar-refractivity contribution in [2.24, 2.45) is 17.1 Å². The summed E-state index contributed by atoms with van der Waals surface area (Å²) in [6, 6.07) is 0. The Morgan fingerprint density at radius 3 is 2.39 bits per heavy atom. The van der Waals surface area contributed by atoms with Crippen molar-refractivity contribution in [1.29, 1.82) is 0 Å². The first kappa shape index (κ1) is 15.4. The topological polar surface area (TPSA) is 55.6 Å². The van der Waals surface area contributed by atoms with E-state index < -0.39 is 5.41 Å². The summed E-state index contributed by atoms with van der Waals surface area (Å²) in [4.78, 5) is 17.2. The lowest BCUT2D eigenvalue weighted by atomic mass is 9.92. The summed E-state index contributed by atoms with van der Waals surface area (Å²) in [6.07, 6.45) is 5.87. The van der Waals surface area contributed by atoms with Crippen molar-refractivity contribution in [1.82, 2.24) is 5.06 Å². The maximum Gasteiger partial charge on any atom is 0.330 e. The highest BCUT2D eigenvalue weighted by atomic mass is 16.7. The molecule has 0 saturated carbocycles. The van der Waals surface area contributed by atoms with Crippen LogP contribution in [0.5, 0.6) is 0 Å². The average Bonchev–Trinajstić information content (AvgIpc) is 2.30. The molecule has 0 atom stereocenters. The Balaban J connectivity index is 2.21. The quantitative estimate of drug-likeness (QED) is 0.767. The van der Waals surface area contributed by atoms with Crippen LogP contribution in [0.25, 0.3) is 0 Å². The largest absolute Gasteiger partial charge is 0.367 e. The molecule has 0 amide bonds. The van der Waals surface area contributed by atoms with Crippen LogP contribution in [0.15, 0.2) is 0 Å². The maximum atomic E-state index is 11.7. The Hall–Kier alpha value is -0.610. The van der Waals surface area contributed by atoms with Gasteiger partial charge in [0.05, 0.1) is 5.41 Å². The molecule has 0 aromatic rings. The van der Waals surface area contributed by atoms with Crippen LogP contribution in [0.1, 0.15) is 52.9 Å². The minimum absolute atomic E-state index is 0.135. The number of unbranched alkanes of at least 4 members (excludes halogenated alkanes) is 1. The summed E-state index contributed by atoms with van der Waals surface area (Å²) >= 11 is 0. The fourth-order valence-electron chi connectivity index (χ4n) is 2.12. The lowest BCUT2D eigenvalue weighted by Gasteiger charge is -2.32. The van der Waals surface area contributed by atoms with E-state index in [0.717, 1.165) is 44.8 Å². The monoisotopic (exact) mass is 256 g/mol. The average molecular weight is 256 g/mol. The zero-order valence-electron chi connectivity index (χ0n) is 12.1. The van der Waals surface area contributed by atoms with E-state index in [4.69, 9.17) is 10.6 Å². The Morgan fingerprint density at radius 2 is 1.89 bits per heavy atom. The molecule has 1 aliphatic heterocycles. The fourth-order valence-corrected chi connectivity index (χ4v) is 2.12. The van der Waals surface area contributed by atoms with Gasteiger partial charge in [-0.1, -0.05) is 12.8 Å². The minimum atomic E-state index is -0.419. The summed E-state index contributed by atoms with van der Waals surface area (Å²) < 4.78 is 0. The molecule has 0 aliphatic carbocycles. The highest BCUT2D eigenvalue weighted by molar-refractivity contribution is 5.75. The van der Waals surface area contributed by atoms with E-state index in [-0.39, 0.29) is 5.97 Å². The number of nitrogens with two attached hydrogens (primary N) is 1. The molecule has 0 aromatic heterocycles. The van der Waals surface area contributed by atoms with Crippen LogP contribution in [0.3, 0.4) is 0 Å². The van der Waals surface area contributed by atoms with Crippen LogP contribution in [-0.4, -0.2) is 30.7 Å². The molecule has 1 rings (SSSR count). The summed E-state index contributed by atoms with van der Waals surface area (Å²) in [6.45, 7) is 8.19. The fraction of sp³-hybridized carbons (Fsp3) is 0.929. The number of hydroxylamine groups is 2. The van der Waals surface area contributed by atoms with Gasteiger partial charge in [0.2, 0.25) is 0 Å². The molecule has 4 heteroatoms. The maximum absolute atomic E-state index is 11.7. The number of carbonyl (C=O) groups excluding carboxylic acids is 1. The zero-order chi connectivity index (χ0) is 13.6. The molecule has 18 heavy (non-hydrogen) atoms. The second-order valence-corrected chi connectivity index (χ2v) is 6.29. The summed E-state index contributed by atoms with van der Waals surface area (Å²) in [7, 11) is 0. The van der Waals surface area contributed by atoms with E-state index in [1.165, 1.54) is 12.8 Å². The number of hydrogen-bond acceptors (Lipinski definition) is 4. The van der Waals surface area contributed by atoms with Crippen LogP contribution in [0, 0.1) is 11.3 Å². The highest BCUT2D eigenvalue weighted by Crippen LogP contribution is 2.24. The standard InChI is InChI=1S/C14H28N2O2/c1-14(2,3)13(17)18-16-10-7-12(8-11-16)6-4-5-9-15/h12H,4-11,15H2,1-3H3. The van der Waals surface area contributed by atoms with Gasteiger partial charge in [0.15, 0.2) is 0 Å². The number of rotatable bonds is 5. The third-order valence-electron chi connectivity index (χ3n) is 3.46. The zero-order valence-corrected chi connectivity index (χ0v) is 12.1. The van der Waals surface area contributed by atoms with Gasteiger partial charge < -0.3 is 10.6 Å². The van der Waals surface area contributed by atoms with Crippen molar-refractivity contribution < 1.29 is 9.63 Å². The van der Waals surface area contributed by atoms with Gasteiger partial charge in [-0.2, -0.15) is 0 Å². The van der Waals surface area contributed by atoms with Gasteiger partial charge in [0, 0.05) is 13.1 Å². The van der Waals surface area contributed by atoms with Crippen LogP contribution in [0.4, 0.5) is 0 Å². The molecule has 0 radical (unpaired) electrons. The number of nitrogens with zero attached hydrogens (tertiary/aromatic N) is 1. The molecule has 4 nitrogen and oxygen atoms in total. The number of piperidine rings is 1. The van der Waals surface area contributed by atoms with Gasteiger partial charge in [-0.3, -0.25) is 0 Å². The Morgan fingerprint density at radius 1 is 1.28 bits per heavy atom. The number of carbonyl (C=O) groups is 1. The van der Waals surface area contributed by atoms with Gasteiger partial charge >= 0.3 is 5.97 Å². The SMILES string of the molecule is CC(C)(C)C(=O)ON1CCC(CCCCN)CC1. The summed E-state index contributed by atoms with van der Waals surface area (Å²) in [5, 5.41) is 1.83. The van der Waals surface area contributed by atoms with Crippen LogP contribution in [0.2, 0.25) is 0 Å². The van der Waals surface area contributed by atoms with Gasteiger partial charge in [0.25, 0.3) is 0 Å². The van der Waals surface area contributed by atoms with Crippen LogP contribution >= 0.6 is 0 Å². The van der Waals surface area contributed by atoms with Gasteiger partial charge in [-0.05, 0) is 52.5 Å². The Kier molecular flexibility index (Phi) is 6.09. The molecule has 1 aliphatic rings. The smallest absolute Gasteiger partial charge is 0.330 e. The molecule has 0 spiro atoms. The van der Waals surface area contributed by atoms with E-state index in [2.05, 4.69) is 0 Å². The van der Waals surface area contributed by atoms with Crippen molar-refractivity contribution in [3.05, 3.63) is 0 Å². The third-order valence-corrected chi connectivity index (χ3v) is 3.46. The van der Waals surface area contributed by atoms with Crippen molar-refractivity contribution >= 4 is 5.97 Å².